The number of carbonyl (C=O) groups excluding carboxylic acids is 2. The molecule has 9 nitrogen and oxygen atoms in total. The van der Waals surface area contributed by atoms with E-state index in [2.05, 4.69) is 4.99 Å². The second-order valence-electron chi connectivity index (χ2n) is 5.95. The number of nitro groups is 1. The number of hydrogen-bond donors (Lipinski definition) is 0. The number of amides is 1. The maximum atomic E-state index is 12.6. The van der Waals surface area contributed by atoms with Crippen molar-refractivity contribution in [1.29, 1.82) is 0 Å². The minimum Gasteiger partial charge on any atom is -0.462 e. The SMILES string of the molecule is CCOCCn1c(=NC(=O)c2ccc([N+](=O)[O-])s2)sc2cc(C(=O)OCC)ccc21. The van der Waals surface area contributed by atoms with E-state index in [9.17, 15) is 19.7 Å². The Morgan fingerprint density at radius 3 is 2.63 bits per heavy atom. The van der Waals surface area contributed by atoms with Crippen LogP contribution in [0, 0.1) is 10.1 Å². The Morgan fingerprint density at radius 1 is 1.17 bits per heavy atom. The van der Waals surface area contributed by atoms with E-state index in [1.807, 2.05) is 11.5 Å². The molecule has 1 aromatic carbocycles. The molecule has 3 rings (SSSR count). The van der Waals surface area contributed by atoms with Gasteiger partial charge in [-0.15, -0.1) is 0 Å². The number of ether oxygens (including phenoxy) is 2. The fourth-order valence-electron chi connectivity index (χ4n) is 2.70. The molecule has 0 radical (unpaired) electrons. The van der Waals surface area contributed by atoms with Gasteiger partial charge in [-0.25, -0.2) is 4.79 Å². The van der Waals surface area contributed by atoms with E-state index in [-0.39, 0.29) is 16.5 Å². The fourth-order valence-corrected chi connectivity index (χ4v) is 4.50. The molecular formula is C19H19N3O6S2. The van der Waals surface area contributed by atoms with Gasteiger partial charge in [-0.05, 0) is 38.1 Å². The molecule has 1 amide bonds. The Hall–Kier alpha value is -2.89. The van der Waals surface area contributed by atoms with Crippen molar-refractivity contribution >= 4 is 49.8 Å². The first kappa shape index (κ1) is 21.8. The molecule has 30 heavy (non-hydrogen) atoms. The van der Waals surface area contributed by atoms with Crippen LogP contribution >= 0.6 is 22.7 Å². The van der Waals surface area contributed by atoms with Crippen molar-refractivity contribution in [3.8, 4) is 0 Å². The molecule has 0 aliphatic rings. The third kappa shape index (κ3) is 4.81. The number of carbonyl (C=O) groups is 2. The highest BCUT2D eigenvalue weighted by Gasteiger charge is 2.16. The summed E-state index contributed by atoms with van der Waals surface area (Å²) in [6.45, 7) is 5.34. The molecule has 158 valence electrons. The first-order valence-corrected chi connectivity index (χ1v) is 10.8. The molecule has 2 aromatic heterocycles. The van der Waals surface area contributed by atoms with Crippen LogP contribution in [-0.4, -0.2) is 41.2 Å². The number of hydrogen-bond acceptors (Lipinski definition) is 8. The molecule has 2 heterocycles. The van der Waals surface area contributed by atoms with Crippen LogP contribution in [0.2, 0.25) is 0 Å². The van der Waals surface area contributed by atoms with Gasteiger partial charge in [0.1, 0.15) is 4.88 Å². The largest absolute Gasteiger partial charge is 0.462 e. The van der Waals surface area contributed by atoms with E-state index >= 15 is 0 Å². The normalized spacial score (nSPS) is 11.7. The minimum atomic E-state index is -0.560. The van der Waals surface area contributed by atoms with E-state index < -0.39 is 16.8 Å². The lowest BCUT2D eigenvalue weighted by molar-refractivity contribution is -0.380. The van der Waals surface area contributed by atoms with Gasteiger partial charge in [-0.1, -0.05) is 22.7 Å². The molecule has 0 aliphatic heterocycles. The highest BCUT2D eigenvalue weighted by atomic mass is 32.1. The van der Waals surface area contributed by atoms with Crippen LogP contribution in [0.3, 0.4) is 0 Å². The smallest absolute Gasteiger partial charge is 0.338 e. The van der Waals surface area contributed by atoms with Crippen LogP contribution in [-0.2, 0) is 16.0 Å². The Labute approximate surface area is 179 Å². The maximum absolute atomic E-state index is 12.6. The summed E-state index contributed by atoms with van der Waals surface area (Å²) in [5.74, 6) is -0.982. The van der Waals surface area contributed by atoms with Crippen LogP contribution in [0.15, 0.2) is 35.3 Å². The summed E-state index contributed by atoms with van der Waals surface area (Å²) < 4.78 is 13.1. The molecule has 0 bridgehead atoms. The molecule has 0 saturated heterocycles. The van der Waals surface area contributed by atoms with Gasteiger partial charge in [0.2, 0.25) is 0 Å². The average Bonchev–Trinajstić information content (AvgIpc) is 3.33. The van der Waals surface area contributed by atoms with Gasteiger partial charge in [0.15, 0.2) is 4.80 Å². The number of thiazole rings is 1. The van der Waals surface area contributed by atoms with Gasteiger partial charge in [0, 0.05) is 19.2 Å². The number of nitrogens with zero attached hydrogens (tertiary/aromatic N) is 3. The summed E-state index contributed by atoms with van der Waals surface area (Å²) in [7, 11) is 0. The van der Waals surface area contributed by atoms with E-state index in [1.54, 1.807) is 25.1 Å². The second-order valence-corrected chi connectivity index (χ2v) is 8.02. The zero-order chi connectivity index (χ0) is 21.7. The molecule has 0 spiro atoms. The highest BCUT2D eigenvalue weighted by molar-refractivity contribution is 7.17. The number of esters is 1. The molecule has 0 unspecified atom stereocenters. The first-order valence-electron chi connectivity index (χ1n) is 9.16. The second kappa shape index (κ2) is 9.74. The average molecular weight is 450 g/mol. The summed E-state index contributed by atoms with van der Waals surface area (Å²) in [5, 5.41) is 10.7. The lowest BCUT2D eigenvalue weighted by atomic mass is 10.2. The Kier molecular flexibility index (Phi) is 7.08. The van der Waals surface area contributed by atoms with Crippen molar-refractivity contribution in [2.75, 3.05) is 19.8 Å². The predicted octanol–water partition coefficient (Wildman–Crippen LogP) is 3.63. The zero-order valence-corrected chi connectivity index (χ0v) is 18.0. The molecule has 0 N–H and O–H groups in total. The van der Waals surface area contributed by atoms with E-state index in [1.165, 1.54) is 23.5 Å². The van der Waals surface area contributed by atoms with E-state index in [0.29, 0.717) is 30.1 Å². The van der Waals surface area contributed by atoms with Gasteiger partial charge in [0.05, 0.1) is 33.9 Å². The van der Waals surface area contributed by atoms with Crippen molar-refractivity contribution in [2.24, 2.45) is 4.99 Å². The van der Waals surface area contributed by atoms with Crippen LogP contribution < -0.4 is 4.80 Å². The Morgan fingerprint density at radius 2 is 1.97 bits per heavy atom. The minimum absolute atomic E-state index is 0.117. The van der Waals surface area contributed by atoms with E-state index in [0.717, 1.165) is 21.6 Å². The lowest BCUT2D eigenvalue weighted by Gasteiger charge is -2.06. The molecule has 0 saturated carbocycles. The van der Waals surface area contributed by atoms with Gasteiger partial charge in [-0.3, -0.25) is 14.9 Å². The van der Waals surface area contributed by atoms with Gasteiger partial charge in [0.25, 0.3) is 5.91 Å². The molecule has 11 heteroatoms. The first-order chi connectivity index (χ1) is 14.4. The quantitative estimate of drug-likeness (QED) is 0.225. The van der Waals surface area contributed by atoms with Gasteiger partial charge >= 0.3 is 11.0 Å². The lowest BCUT2D eigenvalue weighted by Crippen LogP contribution is -2.19. The van der Waals surface area contributed by atoms with E-state index in [4.69, 9.17) is 9.47 Å². The number of thiophene rings is 1. The number of rotatable bonds is 8. The van der Waals surface area contributed by atoms with Crippen molar-refractivity contribution in [3.63, 3.8) is 0 Å². The summed E-state index contributed by atoms with van der Waals surface area (Å²) in [4.78, 5) is 39.7. The van der Waals surface area contributed by atoms with Crippen molar-refractivity contribution in [3.05, 3.63) is 55.7 Å². The van der Waals surface area contributed by atoms with Crippen LogP contribution in [0.5, 0.6) is 0 Å². The predicted molar refractivity (Wildman–Crippen MR) is 113 cm³/mol. The van der Waals surface area contributed by atoms with Gasteiger partial charge < -0.3 is 14.0 Å². The van der Waals surface area contributed by atoms with Crippen molar-refractivity contribution in [1.82, 2.24) is 4.57 Å². The number of fused-ring (bicyclic) bond motifs is 1. The summed E-state index contributed by atoms with van der Waals surface area (Å²) in [5.41, 5.74) is 1.21. The Balaban J connectivity index is 2.04. The standard InChI is InChI=1S/C19H19N3O6S2/c1-3-27-10-9-21-13-6-5-12(18(24)28-4-2)11-15(13)30-19(21)20-17(23)14-7-8-16(29-14)22(25)26/h5-8,11H,3-4,9-10H2,1-2H3. The summed E-state index contributed by atoms with van der Waals surface area (Å²) >= 11 is 2.03. The van der Waals surface area contributed by atoms with Crippen LogP contribution in [0.1, 0.15) is 33.9 Å². The zero-order valence-electron chi connectivity index (χ0n) is 16.3. The Bertz CT molecular complexity index is 1160. The van der Waals surface area contributed by atoms with Crippen molar-refractivity contribution in [2.45, 2.75) is 20.4 Å². The summed E-state index contributed by atoms with van der Waals surface area (Å²) in [6.07, 6.45) is 0. The molecule has 0 atom stereocenters. The molecule has 3 aromatic rings. The number of aromatic nitrogens is 1. The molecule has 0 fully saturated rings. The highest BCUT2D eigenvalue weighted by Crippen LogP contribution is 2.25. The fraction of sp³-hybridized carbons (Fsp3) is 0.316. The van der Waals surface area contributed by atoms with Gasteiger partial charge in [-0.2, -0.15) is 4.99 Å². The molecular weight excluding hydrogens is 430 g/mol. The van der Waals surface area contributed by atoms with Crippen LogP contribution in [0.25, 0.3) is 10.2 Å². The van der Waals surface area contributed by atoms with Crippen LogP contribution in [0.4, 0.5) is 5.00 Å². The van der Waals surface area contributed by atoms with Crippen molar-refractivity contribution < 1.29 is 24.0 Å². The molecule has 0 aliphatic carbocycles. The topological polar surface area (TPSA) is 113 Å². The maximum Gasteiger partial charge on any atom is 0.338 e. The third-order valence-electron chi connectivity index (χ3n) is 4.04. The number of benzene rings is 1. The monoisotopic (exact) mass is 449 g/mol. The summed E-state index contributed by atoms with van der Waals surface area (Å²) in [6, 6.07) is 7.83. The third-order valence-corrected chi connectivity index (χ3v) is 6.10.